The molecule has 0 fully saturated rings. The second-order valence-electron chi connectivity index (χ2n) is 7.72. The molecule has 0 saturated carbocycles. The monoisotopic (exact) mass is 433 g/mol. The van der Waals surface area contributed by atoms with E-state index in [1.807, 2.05) is 30.5 Å². The number of hydrogen-bond acceptors (Lipinski definition) is 4. The number of amides is 1. The Morgan fingerprint density at radius 3 is 2.50 bits per heavy atom. The van der Waals surface area contributed by atoms with E-state index >= 15 is 0 Å². The van der Waals surface area contributed by atoms with Crippen molar-refractivity contribution in [3.63, 3.8) is 0 Å². The van der Waals surface area contributed by atoms with E-state index in [1.165, 1.54) is 18.3 Å². The maximum atomic E-state index is 13.4. The Labute approximate surface area is 185 Å². The van der Waals surface area contributed by atoms with Gasteiger partial charge >= 0.3 is 0 Å². The molecular formula is C24H24FN5O2. The van der Waals surface area contributed by atoms with Gasteiger partial charge in [-0.1, -0.05) is 12.1 Å². The van der Waals surface area contributed by atoms with Crippen molar-refractivity contribution in [2.45, 2.75) is 26.3 Å². The van der Waals surface area contributed by atoms with Crippen LogP contribution in [0.5, 0.6) is 0 Å². The summed E-state index contributed by atoms with van der Waals surface area (Å²) in [5, 5.41) is 11.9. The molecule has 164 valence electrons. The number of aromatic nitrogens is 4. The molecule has 0 aliphatic rings. The van der Waals surface area contributed by atoms with Crippen molar-refractivity contribution in [1.82, 2.24) is 19.5 Å². The minimum absolute atomic E-state index is 0.0789. The van der Waals surface area contributed by atoms with Crippen LogP contribution in [0.2, 0.25) is 0 Å². The Bertz CT molecular complexity index is 1210. The van der Waals surface area contributed by atoms with Crippen LogP contribution in [0, 0.1) is 5.82 Å². The summed E-state index contributed by atoms with van der Waals surface area (Å²) in [6, 6.07) is 13.5. The highest BCUT2D eigenvalue weighted by atomic mass is 19.1. The number of imidazole rings is 2. The number of halogens is 1. The standard InChI is InChI=1S/C24H24FN5O2/c1-15(2)30-14-27-21(17-5-7-18(25)8-6-17)22(30)23-26-13-20(29-23)24(32)28-19-9-3-16(4-10-19)11-12-31/h3-10,13-15,31H,11-12H2,1-2H3,(H,26,29)(H,28,32). The van der Waals surface area contributed by atoms with Crippen LogP contribution in [-0.2, 0) is 6.42 Å². The number of carbonyl (C=O) groups is 1. The van der Waals surface area contributed by atoms with Crippen LogP contribution in [0.3, 0.4) is 0 Å². The number of rotatable bonds is 7. The van der Waals surface area contributed by atoms with Crippen LogP contribution in [0.25, 0.3) is 22.8 Å². The number of carbonyl (C=O) groups excluding carboxylic acids is 1. The Morgan fingerprint density at radius 1 is 1.12 bits per heavy atom. The van der Waals surface area contributed by atoms with E-state index in [4.69, 9.17) is 5.11 Å². The van der Waals surface area contributed by atoms with Crippen molar-refractivity contribution in [3.05, 3.63) is 78.1 Å². The molecule has 4 aromatic rings. The van der Waals surface area contributed by atoms with Crippen LogP contribution in [0.1, 0.15) is 35.9 Å². The van der Waals surface area contributed by atoms with E-state index in [9.17, 15) is 9.18 Å². The lowest BCUT2D eigenvalue weighted by atomic mass is 10.1. The molecule has 0 atom stereocenters. The smallest absolute Gasteiger partial charge is 0.273 e. The zero-order chi connectivity index (χ0) is 22.7. The summed E-state index contributed by atoms with van der Waals surface area (Å²) in [6.07, 6.45) is 3.77. The van der Waals surface area contributed by atoms with Crippen LogP contribution in [0.4, 0.5) is 10.1 Å². The van der Waals surface area contributed by atoms with Crippen LogP contribution < -0.4 is 5.32 Å². The summed E-state index contributed by atoms with van der Waals surface area (Å²) >= 11 is 0. The molecule has 7 nitrogen and oxygen atoms in total. The number of nitrogens with zero attached hydrogens (tertiary/aromatic N) is 3. The van der Waals surface area contributed by atoms with Gasteiger partial charge < -0.3 is 20.0 Å². The summed E-state index contributed by atoms with van der Waals surface area (Å²) < 4.78 is 15.3. The number of hydrogen-bond donors (Lipinski definition) is 3. The lowest BCUT2D eigenvalue weighted by molar-refractivity contribution is 0.102. The van der Waals surface area contributed by atoms with E-state index in [-0.39, 0.29) is 24.4 Å². The number of aromatic amines is 1. The van der Waals surface area contributed by atoms with Gasteiger partial charge in [-0.15, -0.1) is 0 Å². The lowest BCUT2D eigenvalue weighted by Gasteiger charge is -2.11. The Kier molecular flexibility index (Phi) is 6.13. The van der Waals surface area contributed by atoms with Crippen molar-refractivity contribution in [1.29, 1.82) is 0 Å². The summed E-state index contributed by atoms with van der Waals surface area (Å²) in [5.41, 5.74) is 4.07. The van der Waals surface area contributed by atoms with Gasteiger partial charge in [0, 0.05) is 23.9 Å². The second kappa shape index (κ2) is 9.15. The minimum Gasteiger partial charge on any atom is -0.396 e. The maximum Gasteiger partial charge on any atom is 0.273 e. The third-order valence-corrected chi connectivity index (χ3v) is 5.12. The van der Waals surface area contributed by atoms with Crippen LogP contribution in [0.15, 0.2) is 61.1 Å². The number of aliphatic hydroxyl groups excluding tert-OH is 1. The molecule has 0 bridgehead atoms. The first-order chi connectivity index (χ1) is 15.5. The molecule has 0 saturated heterocycles. The first-order valence-electron chi connectivity index (χ1n) is 10.4. The molecule has 4 rings (SSSR count). The molecule has 2 aromatic heterocycles. The summed E-state index contributed by atoms with van der Waals surface area (Å²) in [4.78, 5) is 24.8. The van der Waals surface area contributed by atoms with Gasteiger partial charge in [-0.2, -0.15) is 0 Å². The first kappa shape index (κ1) is 21.5. The fraction of sp³-hybridized carbons (Fsp3) is 0.208. The first-order valence-corrected chi connectivity index (χ1v) is 10.4. The molecule has 0 unspecified atom stereocenters. The highest BCUT2D eigenvalue weighted by Crippen LogP contribution is 2.31. The van der Waals surface area contributed by atoms with Gasteiger partial charge in [0.1, 0.15) is 17.2 Å². The molecule has 32 heavy (non-hydrogen) atoms. The van der Waals surface area contributed by atoms with Crippen LogP contribution >= 0.6 is 0 Å². The average molecular weight is 433 g/mol. The molecule has 0 radical (unpaired) electrons. The highest BCUT2D eigenvalue weighted by molar-refractivity contribution is 6.03. The molecule has 3 N–H and O–H groups in total. The molecular weight excluding hydrogens is 409 g/mol. The van der Waals surface area contributed by atoms with E-state index < -0.39 is 0 Å². The second-order valence-corrected chi connectivity index (χ2v) is 7.72. The fourth-order valence-electron chi connectivity index (χ4n) is 3.45. The molecule has 8 heteroatoms. The van der Waals surface area contributed by atoms with Crippen molar-refractivity contribution in [2.24, 2.45) is 0 Å². The molecule has 0 aliphatic carbocycles. The highest BCUT2D eigenvalue weighted by Gasteiger charge is 2.21. The quantitative estimate of drug-likeness (QED) is 0.401. The van der Waals surface area contributed by atoms with E-state index in [1.54, 1.807) is 30.6 Å². The molecule has 0 spiro atoms. The number of nitrogens with one attached hydrogen (secondary N) is 2. The number of H-pyrrole nitrogens is 1. The number of aliphatic hydroxyl groups is 1. The Balaban J connectivity index is 1.62. The van der Waals surface area contributed by atoms with Gasteiger partial charge in [0.15, 0.2) is 5.82 Å². The SMILES string of the molecule is CC(C)n1cnc(-c2ccc(F)cc2)c1-c1ncc(C(=O)Nc2ccc(CCO)cc2)[nH]1. The van der Waals surface area contributed by atoms with Gasteiger partial charge in [-0.3, -0.25) is 4.79 Å². The third-order valence-electron chi connectivity index (χ3n) is 5.12. The van der Waals surface area contributed by atoms with Crippen LogP contribution in [-0.4, -0.2) is 37.1 Å². The zero-order valence-electron chi connectivity index (χ0n) is 17.8. The minimum atomic E-state index is -0.322. The lowest BCUT2D eigenvalue weighted by Crippen LogP contribution is -2.12. The largest absolute Gasteiger partial charge is 0.396 e. The maximum absolute atomic E-state index is 13.4. The molecule has 1 amide bonds. The van der Waals surface area contributed by atoms with Gasteiger partial charge in [0.25, 0.3) is 5.91 Å². The molecule has 0 aliphatic heterocycles. The van der Waals surface area contributed by atoms with Gasteiger partial charge in [0.2, 0.25) is 0 Å². The van der Waals surface area contributed by atoms with Crippen molar-refractivity contribution >= 4 is 11.6 Å². The zero-order valence-corrected chi connectivity index (χ0v) is 17.8. The van der Waals surface area contributed by atoms with Gasteiger partial charge in [-0.25, -0.2) is 14.4 Å². The summed E-state index contributed by atoms with van der Waals surface area (Å²) in [6.45, 7) is 4.13. The topological polar surface area (TPSA) is 95.8 Å². The summed E-state index contributed by atoms with van der Waals surface area (Å²) in [7, 11) is 0. The van der Waals surface area contributed by atoms with E-state index in [2.05, 4.69) is 20.3 Å². The number of benzene rings is 2. The van der Waals surface area contributed by atoms with Crippen molar-refractivity contribution in [2.75, 3.05) is 11.9 Å². The van der Waals surface area contributed by atoms with Crippen molar-refractivity contribution in [3.8, 4) is 22.8 Å². The fourth-order valence-corrected chi connectivity index (χ4v) is 3.45. The Hall–Kier alpha value is -3.78. The van der Waals surface area contributed by atoms with Crippen molar-refractivity contribution < 1.29 is 14.3 Å². The molecule has 2 heterocycles. The predicted octanol–water partition coefficient (Wildman–Crippen LogP) is 4.45. The summed E-state index contributed by atoms with van der Waals surface area (Å²) in [5.74, 6) is -0.142. The normalized spacial score (nSPS) is 11.2. The van der Waals surface area contributed by atoms with Gasteiger partial charge in [-0.05, 0) is 62.2 Å². The third kappa shape index (κ3) is 4.45. The average Bonchev–Trinajstić information content (AvgIpc) is 3.43. The van der Waals surface area contributed by atoms with E-state index in [0.29, 0.717) is 29.3 Å². The molecule has 2 aromatic carbocycles. The van der Waals surface area contributed by atoms with Gasteiger partial charge in [0.05, 0.1) is 18.2 Å². The van der Waals surface area contributed by atoms with E-state index in [0.717, 1.165) is 16.8 Å². The number of anilines is 1. The Morgan fingerprint density at radius 2 is 1.84 bits per heavy atom. The predicted molar refractivity (Wildman–Crippen MR) is 121 cm³/mol.